The van der Waals surface area contributed by atoms with E-state index in [0.29, 0.717) is 18.9 Å². The Labute approximate surface area is 197 Å². The quantitative estimate of drug-likeness (QED) is 0.311. The summed E-state index contributed by atoms with van der Waals surface area (Å²) in [5.74, 6) is 0.874. The number of anilines is 1. The molecule has 3 N–H and O–H groups in total. The van der Waals surface area contributed by atoms with Crippen molar-refractivity contribution in [2.45, 2.75) is 39.5 Å². The molecule has 1 heterocycles. The van der Waals surface area contributed by atoms with Crippen LogP contribution < -0.4 is 11.1 Å². The van der Waals surface area contributed by atoms with E-state index >= 15 is 0 Å². The third kappa shape index (κ3) is 6.45. The van der Waals surface area contributed by atoms with E-state index in [1.807, 2.05) is 23.1 Å². The van der Waals surface area contributed by atoms with Crippen LogP contribution in [0.5, 0.6) is 0 Å². The minimum atomic E-state index is 0. The number of amides is 1. The lowest BCUT2D eigenvalue weighted by Crippen LogP contribution is -2.28. The second-order valence-corrected chi connectivity index (χ2v) is 7.65. The lowest BCUT2D eigenvalue weighted by atomic mass is 10.0. The molecule has 2 aromatic rings. The van der Waals surface area contributed by atoms with E-state index in [2.05, 4.69) is 54.5 Å². The first kappa shape index (κ1) is 24.2. The molecule has 1 saturated heterocycles. The molecule has 0 bridgehead atoms. The van der Waals surface area contributed by atoms with Gasteiger partial charge < -0.3 is 16.0 Å². The number of nitrogens with one attached hydrogen (secondary N) is 1. The largest absolute Gasteiger partial charge is 0.370 e. The van der Waals surface area contributed by atoms with Crippen molar-refractivity contribution in [3.63, 3.8) is 0 Å². The number of aryl methyl sites for hydroxylation is 2. The molecule has 162 valence electrons. The molecule has 0 aliphatic carbocycles. The van der Waals surface area contributed by atoms with E-state index < -0.39 is 0 Å². The molecule has 5 nitrogen and oxygen atoms in total. The van der Waals surface area contributed by atoms with Crippen molar-refractivity contribution in [1.82, 2.24) is 4.90 Å². The maximum Gasteiger partial charge on any atom is 0.223 e. The predicted molar refractivity (Wildman–Crippen MR) is 136 cm³/mol. The van der Waals surface area contributed by atoms with Gasteiger partial charge in [-0.3, -0.25) is 9.79 Å². The first-order chi connectivity index (χ1) is 14.1. The first-order valence-corrected chi connectivity index (χ1v) is 10.6. The number of benzene rings is 2. The number of carbonyl (C=O) groups excluding carboxylic acids is 1. The van der Waals surface area contributed by atoms with Crippen molar-refractivity contribution in [1.29, 1.82) is 0 Å². The highest BCUT2D eigenvalue weighted by molar-refractivity contribution is 14.0. The standard InChI is InChI=1S/C24H32N4O.HI/c1-3-20-11-8-12-21(4-2)23(20)27-24(25)26-16-19-15-22(29)28(17-19)14-13-18-9-6-5-7-10-18;/h5-12,19H,3-4,13-17H2,1-2H3,(H3,25,26,27);1H. The fourth-order valence-corrected chi connectivity index (χ4v) is 3.90. The molecule has 3 rings (SSSR count). The molecule has 6 heteroatoms. The van der Waals surface area contributed by atoms with Crippen molar-refractivity contribution in [3.8, 4) is 0 Å². The fourth-order valence-electron chi connectivity index (χ4n) is 3.90. The van der Waals surface area contributed by atoms with E-state index in [-0.39, 0.29) is 35.8 Å². The van der Waals surface area contributed by atoms with Gasteiger partial charge in [0.25, 0.3) is 0 Å². The molecule has 1 unspecified atom stereocenters. The zero-order valence-electron chi connectivity index (χ0n) is 17.9. The summed E-state index contributed by atoms with van der Waals surface area (Å²) in [4.78, 5) is 18.8. The summed E-state index contributed by atoms with van der Waals surface area (Å²) in [7, 11) is 0. The molecule has 1 fully saturated rings. The number of guanidine groups is 1. The molecule has 0 spiro atoms. The molecule has 1 amide bonds. The highest BCUT2D eigenvalue weighted by Crippen LogP contribution is 2.23. The zero-order chi connectivity index (χ0) is 20.6. The Morgan fingerprint density at radius 3 is 2.40 bits per heavy atom. The van der Waals surface area contributed by atoms with Gasteiger partial charge >= 0.3 is 0 Å². The zero-order valence-corrected chi connectivity index (χ0v) is 20.3. The number of halogens is 1. The number of likely N-dealkylation sites (tertiary alicyclic amines) is 1. The van der Waals surface area contributed by atoms with Crippen LogP contribution in [0.15, 0.2) is 53.5 Å². The Morgan fingerprint density at radius 1 is 1.10 bits per heavy atom. The maximum absolute atomic E-state index is 12.3. The van der Waals surface area contributed by atoms with Crippen LogP contribution in [-0.2, 0) is 24.1 Å². The smallest absolute Gasteiger partial charge is 0.223 e. The molecule has 0 radical (unpaired) electrons. The molecule has 1 aliphatic rings. The molecule has 1 atom stereocenters. The van der Waals surface area contributed by atoms with Crippen LogP contribution in [0.25, 0.3) is 0 Å². The van der Waals surface area contributed by atoms with Crippen molar-refractivity contribution in [2.24, 2.45) is 16.6 Å². The van der Waals surface area contributed by atoms with Crippen molar-refractivity contribution < 1.29 is 4.79 Å². The van der Waals surface area contributed by atoms with Gasteiger partial charge in [0, 0.05) is 37.7 Å². The second kappa shape index (κ2) is 11.9. The van der Waals surface area contributed by atoms with Gasteiger partial charge in [-0.1, -0.05) is 62.4 Å². The number of nitrogens with zero attached hydrogens (tertiary/aromatic N) is 2. The summed E-state index contributed by atoms with van der Waals surface area (Å²) < 4.78 is 0. The van der Waals surface area contributed by atoms with Crippen molar-refractivity contribution >= 4 is 41.5 Å². The third-order valence-corrected chi connectivity index (χ3v) is 5.58. The Bertz CT molecular complexity index is 831. The third-order valence-electron chi connectivity index (χ3n) is 5.58. The predicted octanol–water partition coefficient (Wildman–Crippen LogP) is 4.25. The molecular weight excluding hydrogens is 487 g/mol. The Kier molecular flexibility index (Phi) is 9.62. The molecule has 0 aromatic heterocycles. The monoisotopic (exact) mass is 520 g/mol. The molecular formula is C24H33IN4O. The van der Waals surface area contributed by atoms with Gasteiger partial charge in [0.15, 0.2) is 5.96 Å². The average molecular weight is 520 g/mol. The minimum absolute atomic E-state index is 0. The van der Waals surface area contributed by atoms with E-state index in [4.69, 9.17) is 5.73 Å². The highest BCUT2D eigenvalue weighted by atomic mass is 127. The van der Waals surface area contributed by atoms with Crippen molar-refractivity contribution in [3.05, 3.63) is 65.2 Å². The second-order valence-electron chi connectivity index (χ2n) is 7.65. The SMILES string of the molecule is CCc1cccc(CC)c1NC(N)=NCC1CC(=O)N(CCc2ccccc2)C1.I. The molecule has 30 heavy (non-hydrogen) atoms. The van der Waals surface area contributed by atoms with Gasteiger partial charge in [-0.2, -0.15) is 0 Å². The maximum atomic E-state index is 12.3. The fraction of sp³-hybridized carbons (Fsp3) is 0.417. The topological polar surface area (TPSA) is 70.7 Å². The van der Waals surface area contributed by atoms with E-state index in [1.165, 1.54) is 16.7 Å². The Hall–Kier alpha value is -2.09. The first-order valence-electron chi connectivity index (χ1n) is 10.6. The van der Waals surface area contributed by atoms with Crippen LogP contribution in [0.4, 0.5) is 5.69 Å². The van der Waals surface area contributed by atoms with E-state index in [9.17, 15) is 4.79 Å². The van der Waals surface area contributed by atoms with Crippen LogP contribution in [0.3, 0.4) is 0 Å². The number of rotatable bonds is 8. The van der Waals surface area contributed by atoms with Gasteiger partial charge in [-0.15, -0.1) is 24.0 Å². The number of aliphatic imine (C=N–C) groups is 1. The molecule has 1 aliphatic heterocycles. The Balaban J connectivity index is 0.00000320. The summed E-state index contributed by atoms with van der Waals surface area (Å²) in [6.07, 6.45) is 3.32. The van der Waals surface area contributed by atoms with Crippen LogP contribution in [-0.4, -0.2) is 36.4 Å². The van der Waals surface area contributed by atoms with E-state index in [0.717, 1.165) is 38.0 Å². The number of hydrogen-bond acceptors (Lipinski definition) is 2. The molecule has 2 aromatic carbocycles. The number of hydrogen-bond donors (Lipinski definition) is 2. The lowest BCUT2D eigenvalue weighted by Gasteiger charge is -2.17. The number of carbonyl (C=O) groups is 1. The number of nitrogens with two attached hydrogens (primary N) is 1. The summed E-state index contributed by atoms with van der Waals surface area (Å²) in [6, 6.07) is 16.6. The van der Waals surface area contributed by atoms with E-state index in [1.54, 1.807) is 0 Å². The van der Waals surface area contributed by atoms with Gasteiger partial charge in [0.05, 0.1) is 0 Å². The summed E-state index contributed by atoms with van der Waals surface area (Å²) in [5, 5.41) is 3.30. The average Bonchev–Trinajstić information content (AvgIpc) is 3.11. The Morgan fingerprint density at radius 2 is 1.77 bits per heavy atom. The van der Waals surface area contributed by atoms with Crippen LogP contribution in [0, 0.1) is 5.92 Å². The van der Waals surface area contributed by atoms with Gasteiger partial charge in [-0.05, 0) is 36.0 Å². The summed E-state index contributed by atoms with van der Waals surface area (Å²) in [5.41, 5.74) is 11.0. The van der Waals surface area contributed by atoms with Crippen LogP contribution in [0.1, 0.15) is 37.0 Å². The van der Waals surface area contributed by atoms with Crippen molar-refractivity contribution in [2.75, 3.05) is 25.0 Å². The van der Waals surface area contributed by atoms with Crippen LogP contribution in [0.2, 0.25) is 0 Å². The van der Waals surface area contributed by atoms with Crippen LogP contribution >= 0.6 is 24.0 Å². The summed E-state index contributed by atoms with van der Waals surface area (Å²) >= 11 is 0. The summed E-state index contributed by atoms with van der Waals surface area (Å²) in [6.45, 7) is 6.37. The van der Waals surface area contributed by atoms with Gasteiger partial charge in [-0.25, -0.2) is 0 Å². The highest BCUT2D eigenvalue weighted by Gasteiger charge is 2.28. The molecule has 0 saturated carbocycles. The lowest BCUT2D eigenvalue weighted by molar-refractivity contribution is -0.127. The number of para-hydroxylation sites is 1. The van der Waals surface area contributed by atoms with Gasteiger partial charge in [0.1, 0.15) is 0 Å². The van der Waals surface area contributed by atoms with Gasteiger partial charge in [0.2, 0.25) is 5.91 Å². The normalized spacial score (nSPS) is 16.5. The minimum Gasteiger partial charge on any atom is -0.370 e.